The first-order chi connectivity index (χ1) is 36.3. The first-order valence-corrected chi connectivity index (χ1v) is 32.2. The van der Waals surface area contributed by atoms with Crippen LogP contribution in [0.4, 0.5) is 0 Å². The Morgan fingerprint density at radius 1 is 0.459 bits per heavy atom. The van der Waals surface area contributed by atoms with E-state index in [4.69, 9.17) is 9.47 Å². The Kier molecular flexibility index (Phi) is 52.1. The molecule has 0 bridgehead atoms. The highest BCUT2D eigenvalue weighted by Gasteiger charge is 2.44. The van der Waals surface area contributed by atoms with Gasteiger partial charge in [-0.2, -0.15) is 0 Å². The summed E-state index contributed by atoms with van der Waals surface area (Å²) in [7, 11) is 0. The number of carbonyl (C=O) groups is 1. The zero-order valence-electron chi connectivity index (χ0n) is 48.6. The molecule has 1 heterocycles. The number of hydrogen-bond acceptors (Lipinski definition) is 8. The number of rotatable bonds is 56. The molecule has 1 rings (SSSR count). The summed E-state index contributed by atoms with van der Waals surface area (Å²) in [5, 5.41) is 54.8. The Bertz CT molecular complexity index is 1260. The van der Waals surface area contributed by atoms with Gasteiger partial charge in [-0.25, -0.2) is 0 Å². The van der Waals surface area contributed by atoms with Gasteiger partial charge in [0.2, 0.25) is 5.91 Å². The Balaban J connectivity index is 2.16. The molecule has 7 atom stereocenters. The van der Waals surface area contributed by atoms with Gasteiger partial charge in [-0.05, 0) is 51.4 Å². The standard InChI is InChI=1S/C65H123NO8/c1-3-5-7-9-11-13-15-17-19-21-23-25-27-29-31-32-34-36-38-40-42-44-46-48-50-52-54-59(68)58(57-73-65-64(72)63(71)62(70)60(56-67)74-65)66-61(69)55-53-51-49-47-45-43-41-39-37-35-33-30-28-26-24-22-20-18-16-14-12-10-8-6-4-2/h16,18,22,24,28,30,58-60,62-65,67-68,70-72H,3-15,17,19-21,23,25-27,29,31-57H2,1-2H3,(H,66,69)/b18-16-,24-22-,30-28-. The quantitative estimate of drug-likeness (QED) is 0.0261. The van der Waals surface area contributed by atoms with Crippen molar-refractivity contribution in [1.82, 2.24) is 5.32 Å². The van der Waals surface area contributed by atoms with Gasteiger partial charge in [-0.3, -0.25) is 4.79 Å². The monoisotopic (exact) mass is 1050 g/mol. The second kappa shape index (κ2) is 54.8. The fraction of sp³-hybridized carbons (Fsp3) is 0.892. The molecule has 0 saturated carbocycles. The summed E-state index contributed by atoms with van der Waals surface area (Å²) in [6.45, 7) is 3.87. The molecule has 1 amide bonds. The molecule has 74 heavy (non-hydrogen) atoms. The van der Waals surface area contributed by atoms with E-state index < -0.39 is 49.5 Å². The van der Waals surface area contributed by atoms with E-state index in [1.54, 1.807) is 0 Å². The highest BCUT2D eigenvalue weighted by Crippen LogP contribution is 2.23. The molecule has 1 saturated heterocycles. The molecule has 0 aliphatic carbocycles. The van der Waals surface area contributed by atoms with Crippen molar-refractivity contribution in [3.8, 4) is 0 Å². The molecule has 0 aromatic rings. The van der Waals surface area contributed by atoms with Crippen LogP contribution in [-0.4, -0.2) is 87.5 Å². The third-order valence-corrected chi connectivity index (χ3v) is 15.5. The van der Waals surface area contributed by atoms with Crippen LogP contribution < -0.4 is 5.32 Å². The maximum absolute atomic E-state index is 13.1. The Morgan fingerprint density at radius 3 is 1.18 bits per heavy atom. The minimum Gasteiger partial charge on any atom is -0.394 e. The molecule has 0 aromatic heterocycles. The van der Waals surface area contributed by atoms with Crippen molar-refractivity contribution in [1.29, 1.82) is 0 Å². The number of amides is 1. The van der Waals surface area contributed by atoms with Crippen LogP contribution in [0.25, 0.3) is 0 Å². The van der Waals surface area contributed by atoms with Crippen molar-refractivity contribution in [2.45, 2.75) is 358 Å². The number of nitrogens with one attached hydrogen (secondary N) is 1. The average molecular weight is 1050 g/mol. The number of aliphatic hydroxyl groups is 5. The predicted molar refractivity (Wildman–Crippen MR) is 313 cm³/mol. The fourth-order valence-electron chi connectivity index (χ4n) is 10.4. The minimum atomic E-state index is -1.56. The third kappa shape index (κ3) is 43.4. The van der Waals surface area contributed by atoms with Gasteiger partial charge in [-0.15, -0.1) is 0 Å². The highest BCUT2D eigenvalue weighted by atomic mass is 16.7. The van der Waals surface area contributed by atoms with Crippen molar-refractivity contribution >= 4 is 5.91 Å². The Morgan fingerprint density at radius 2 is 0.797 bits per heavy atom. The van der Waals surface area contributed by atoms with Crippen LogP contribution in [0.2, 0.25) is 0 Å². The molecule has 0 aromatic carbocycles. The van der Waals surface area contributed by atoms with E-state index in [-0.39, 0.29) is 12.5 Å². The first-order valence-electron chi connectivity index (χ1n) is 32.2. The number of carbonyl (C=O) groups excluding carboxylic acids is 1. The normalized spacial score (nSPS) is 19.1. The van der Waals surface area contributed by atoms with Crippen molar-refractivity contribution in [2.75, 3.05) is 13.2 Å². The second-order valence-electron chi connectivity index (χ2n) is 22.6. The molecule has 7 unspecified atom stereocenters. The van der Waals surface area contributed by atoms with Gasteiger partial charge in [0, 0.05) is 6.42 Å². The summed E-state index contributed by atoms with van der Waals surface area (Å²) in [6.07, 6.45) is 64.7. The van der Waals surface area contributed by atoms with E-state index in [1.165, 1.54) is 238 Å². The van der Waals surface area contributed by atoms with Crippen molar-refractivity contribution in [3.63, 3.8) is 0 Å². The van der Waals surface area contributed by atoms with Crippen LogP contribution in [0.15, 0.2) is 36.5 Å². The molecule has 6 N–H and O–H groups in total. The van der Waals surface area contributed by atoms with Crippen LogP contribution >= 0.6 is 0 Å². The van der Waals surface area contributed by atoms with Crippen molar-refractivity contribution in [3.05, 3.63) is 36.5 Å². The minimum absolute atomic E-state index is 0.138. The highest BCUT2D eigenvalue weighted by molar-refractivity contribution is 5.76. The van der Waals surface area contributed by atoms with Crippen LogP contribution in [-0.2, 0) is 14.3 Å². The van der Waals surface area contributed by atoms with Crippen molar-refractivity contribution < 1.29 is 39.8 Å². The first kappa shape index (κ1) is 70.4. The van der Waals surface area contributed by atoms with E-state index >= 15 is 0 Å². The largest absolute Gasteiger partial charge is 0.394 e. The lowest BCUT2D eigenvalue weighted by atomic mass is 9.99. The maximum atomic E-state index is 13.1. The molecular weight excluding hydrogens is 923 g/mol. The number of aliphatic hydroxyl groups excluding tert-OH is 5. The maximum Gasteiger partial charge on any atom is 0.220 e. The van der Waals surface area contributed by atoms with Gasteiger partial charge >= 0.3 is 0 Å². The van der Waals surface area contributed by atoms with Crippen molar-refractivity contribution in [2.24, 2.45) is 0 Å². The molecule has 9 heteroatoms. The SMILES string of the molecule is CCCCCCC/C=C\C/C=C\C/C=C\CCCCCCCCCCCCC(=O)NC(COC1OC(CO)C(O)C(O)C1O)C(O)CCCCCCCCCCCCCCCCCCCCCCCCCCCC. The summed E-state index contributed by atoms with van der Waals surface area (Å²) in [5.41, 5.74) is 0. The van der Waals surface area contributed by atoms with E-state index in [0.29, 0.717) is 12.8 Å². The van der Waals surface area contributed by atoms with Gasteiger partial charge in [0.15, 0.2) is 6.29 Å². The van der Waals surface area contributed by atoms with Gasteiger partial charge in [0.05, 0.1) is 25.4 Å². The summed E-state index contributed by atoms with van der Waals surface area (Å²) < 4.78 is 11.4. The molecule has 1 aliphatic rings. The van der Waals surface area contributed by atoms with Gasteiger partial charge in [0.25, 0.3) is 0 Å². The fourth-order valence-corrected chi connectivity index (χ4v) is 10.4. The molecular formula is C65H123NO8. The van der Waals surface area contributed by atoms with E-state index in [2.05, 4.69) is 55.6 Å². The van der Waals surface area contributed by atoms with Gasteiger partial charge < -0.3 is 40.3 Å². The summed E-state index contributed by atoms with van der Waals surface area (Å²) in [5.74, 6) is -0.144. The lowest BCUT2D eigenvalue weighted by Crippen LogP contribution is -2.60. The van der Waals surface area contributed by atoms with Crippen LogP contribution in [0.1, 0.15) is 316 Å². The summed E-state index contributed by atoms with van der Waals surface area (Å²) in [4.78, 5) is 13.1. The molecule has 0 radical (unpaired) electrons. The molecule has 436 valence electrons. The zero-order chi connectivity index (χ0) is 53.6. The van der Waals surface area contributed by atoms with E-state index in [9.17, 15) is 30.3 Å². The van der Waals surface area contributed by atoms with E-state index in [1.807, 2.05) is 0 Å². The second-order valence-corrected chi connectivity index (χ2v) is 22.6. The number of unbranched alkanes of at least 4 members (excludes halogenated alkanes) is 40. The molecule has 1 fully saturated rings. The molecule has 1 aliphatic heterocycles. The summed E-state index contributed by atoms with van der Waals surface area (Å²) in [6, 6.07) is -0.723. The lowest BCUT2D eigenvalue weighted by Gasteiger charge is -2.40. The van der Waals surface area contributed by atoms with E-state index in [0.717, 1.165) is 51.4 Å². The van der Waals surface area contributed by atoms with Gasteiger partial charge in [-0.1, -0.05) is 294 Å². The van der Waals surface area contributed by atoms with Crippen LogP contribution in [0.3, 0.4) is 0 Å². The smallest absolute Gasteiger partial charge is 0.220 e. The van der Waals surface area contributed by atoms with Gasteiger partial charge in [0.1, 0.15) is 24.4 Å². The molecule has 9 nitrogen and oxygen atoms in total. The Hall–Kier alpha value is -1.59. The molecule has 0 spiro atoms. The third-order valence-electron chi connectivity index (χ3n) is 15.5. The lowest BCUT2D eigenvalue weighted by molar-refractivity contribution is -0.302. The van der Waals surface area contributed by atoms with Crippen LogP contribution in [0, 0.1) is 0 Å². The average Bonchev–Trinajstić information content (AvgIpc) is 3.40. The Labute approximate surface area is 457 Å². The predicted octanol–water partition coefficient (Wildman–Crippen LogP) is 16.7. The summed E-state index contributed by atoms with van der Waals surface area (Å²) >= 11 is 0. The number of ether oxygens (including phenoxy) is 2. The topological polar surface area (TPSA) is 149 Å². The number of hydrogen-bond donors (Lipinski definition) is 6. The zero-order valence-corrected chi connectivity index (χ0v) is 48.6. The number of allylic oxidation sites excluding steroid dienone is 6. The van der Waals surface area contributed by atoms with Crippen LogP contribution in [0.5, 0.6) is 0 Å².